The number of aromatic nitrogens is 1. The van der Waals surface area contributed by atoms with Gasteiger partial charge in [0.05, 0.1) is 54.1 Å². The van der Waals surface area contributed by atoms with E-state index in [1.807, 2.05) is 68.5 Å². The zero-order valence-electron chi connectivity index (χ0n) is 22.5. The number of esters is 2. The molecule has 4 aliphatic heterocycles. The van der Waals surface area contributed by atoms with E-state index in [-0.39, 0.29) is 24.8 Å². The van der Waals surface area contributed by atoms with Gasteiger partial charge in [-0.05, 0) is 91.5 Å². The van der Waals surface area contributed by atoms with Gasteiger partial charge in [-0.25, -0.2) is 15.0 Å². The van der Waals surface area contributed by atoms with Crippen molar-refractivity contribution in [1.82, 2.24) is 10.3 Å². The number of nitrogens with one attached hydrogen (secondary N) is 1. The smallest absolute Gasteiger partial charge is 0.305 e. The summed E-state index contributed by atoms with van der Waals surface area (Å²) in [7, 11) is 2.78. The van der Waals surface area contributed by atoms with Crippen LogP contribution in [0.5, 0.6) is 0 Å². The van der Waals surface area contributed by atoms with Gasteiger partial charge in [-0.1, -0.05) is 12.1 Å². The molecule has 198 valence electrons. The highest BCUT2D eigenvalue weighted by Gasteiger charge is 2.26. The average molecular weight is 523 g/mol. The van der Waals surface area contributed by atoms with Crippen LogP contribution in [0.3, 0.4) is 0 Å². The predicted molar refractivity (Wildman–Crippen MR) is 151 cm³/mol. The number of hydrogen-bond acceptors (Lipinski definition) is 8. The van der Waals surface area contributed by atoms with Crippen molar-refractivity contribution in [2.24, 2.45) is 9.98 Å². The molecule has 8 heteroatoms. The molecule has 0 saturated carbocycles. The lowest BCUT2D eigenvalue weighted by Gasteiger charge is -2.15. The third-order valence-corrected chi connectivity index (χ3v) is 7.10. The number of ether oxygens (including phenoxy) is 2. The molecule has 5 heterocycles. The highest BCUT2D eigenvalue weighted by Crippen LogP contribution is 2.35. The van der Waals surface area contributed by atoms with Crippen LogP contribution in [0.25, 0.3) is 11.8 Å². The van der Waals surface area contributed by atoms with E-state index in [4.69, 9.17) is 24.4 Å². The van der Waals surface area contributed by atoms with Gasteiger partial charge >= 0.3 is 11.9 Å². The van der Waals surface area contributed by atoms with Crippen molar-refractivity contribution in [3.05, 3.63) is 99.4 Å². The molecule has 1 N–H and O–H groups in total. The van der Waals surface area contributed by atoms with E-state index < -0.39 is 0 Å². The van der Waals surface area contributed by atoms with Gasteiger partial charge in [0.2, 0.25) is 0 Å². The van der Waals surface area contributed by atoms with E-state index in [0.717, 1.165) is 67.9 Å². The molecule has 0 aliphatic carbocycles. The molecule has 0 saturated heterocycles. The number of methoxy groups -OCH3 is 2. The Hall–Kier alpha value is -4.59. The second kappa shape index (κ2) is 11.0. The summed E-state index contributed by atoms with van der Waals surface area (Å²) in [4.78, 5) is 38.8. The number of fused-ring (bicyclic) bond motifs is 7. The van der Waals surface area contributed by atoms with Crippen LogP contribution in [0.4, 0.5) is 0 Å². The van der Waals surface area contributed by atoms with Crippen LogP contribution >= 0.6 is 0 Å². The first-order valence-electron chi connectivity index (χ1n) is 12.9. The van der Waals surface area contributed by atoms with Crippen molar-refractivity contribution in [3.8, 4) is 0 Å². The zero-order valence-corrected chi connectivity index (χ0v) is 22.5. The summed E-state index contributed by atoms with van der Waals surface area (Å²) in [6.45, 7) is 4.02. The van der Waals surface area contributed by atoms with Crippen molar-refractivity contribution in [2.45, 2.75) is 39.5 Å². The van der Waals surface area contributed by atoms with E-state index in [0.29, 0.717) is 12.8 Å². The number of allylic oxidation sites excluding steroid dienone is 9. The quantitative estimate of drug-likeness (QED) is 0.518. The molecule has 0 radical (unpaired) electrons. The number of aliphatic imine (C=N–C) groups is 2. The molecule has 8 bridgehead atoms. The Morgan fingerprint density at radius 2 is 1.56 bits per heavy atom. The highest BCUT2D eigenvalue weighted by atomic mass is 16.5. The maximum Gasteiger partial charge on any atom is 0.305 e. The third kappa shape index (κ3) is 5.50. The Kier molecular flexibility index (Phi) is 7.36. The predicted octanol–water partition coefficient (Wildman–Crippen LogP) is 5.15. The number of pyridine rings is 1. The maximum atomic E-state index is 12.0. The molecule has 0 unspecified atom stereocenters. The lowest BCUT2D eigenvalue weighted by molar-refractivity contribution is -0.141. The molecule has 0 spiro atoms. The summed E-state index contributed by atoms with van der Waals surface area (Å²) in [5, 5.41) is 3.47. The third-order valence-electron chi connectivity index (χ3n) is 7.10. The summed E-state index contributed by atoms with van der Waals surface area (Å²) >= 11 is 0. The Morgan fingerprint density at radius 1 is 0.846 bits per heavy atom. The maximum absolute atomic E-state index is 12.0. The molecular weight excluding hydrogens is 492 g/mol. The summed E-state index contributed by atoms with van der Waals surface area (Å²) in [5.41, 5.74) is 10.3. The first-order chi connectivity index (χ1) is 18.9. The molecule has 0 atom stereocenters. The molecule has 8 nitrogen and oxygen atoms in total. The first kappa shape index (κ1) is 26.0. The second-order valence-electron chi connectivity index (χ2n) is 9.52. The summed E-state index contributed by atoms with van der Waals surface area (Å²) < 4.78 is 9.79. The monoisotopic (exact) mass is 522 g/mol. The number of dihydropyridines is 1. The van der Waals surface area contributed by atoms with Crippen LogP contribution in [-0.2, 0) is 19.1 Å². The minimum atomic E-state index is -0.279. The van der Waals surface area contributed by atoms with Crippen molar-refractivity contribution in [2.75, 3.05) is 14.2 Å². The zero-order chi connectivity index (χ0) is 27.5. The van der Waals surface area contributed by atoms with E-state index in [1.165, 1.54) is 14.2 Å². The van der Waals surface area contributed by atoms with Gasteiger partial charge < -0.3 is 14.8 Å². The van der Waals surface area contributed by atoms with E-state index in [1.54, 1.807) is 0 Å². The standard InChI is InChI=1S/C31H30N4O4/c1-18-22(11-13-30(36)38-3)28-17-29-23(12-14-31(37)39-4)19(2)27(35-29)16-21-8-6-10-25(33-21)24-9-5-7-20(32-24)15-26(18)34-28/h5-10,15-17,32H,11-14H2,1-4H3. The molecule has 0 aromatic carbocycles. The molecule has 1 aromatic heterocycles. The second-order valence-corrected chi connectivity index (χ2v) is 9.52. The van der Waals surface area contributed by atoms with Crippen LogP contribution in [0, 0.1) is 0 Å². The van der Waals surface area contributed by atoms with Crippen molar-refractivity contribution in [1.29, 1.82) is 0 Å². The van der Waals surface area contributed by atoms with Gasteiger partial charge in [0.25, 0.3) is 0 Å². The van der Waals surface area contributed by atoms with Crippen molar-refractivity contribution in [3.63, 3.8) is 0 Å². The minimum absolute atomic E-state index is 0.239. The topological polar surface area (TPSA) is 102 Å². The molecule has 5 rings (SSSR count). The number of rotatable bonds is 6. The largest absolute Gasteiger partial charge is 0.469 e. The normalized spacial score (nSPS) is 17.6. The van der Waals surface area contributed by atoms with Crippen LogP contribution < -0.4 is 5.32 Å². The van der Waals surface area contributed by atoms with Gasteiger partial charge in [-0.15, -0.1) is 0 Å². The Bertz CT molecular complexity index is 1540. The molecule has 1 aromatic rings. The van der Waals surface area contributed by atoms with Crippen LogP contribution in [0.15, 0.2) is 97.9 Å². The fourth-order valence-corrected chi connectivity index (χ4v) is 4.88. The molecule has 4 aliphatic rings. The Balaban J connectivity index is 1.67. The number of nitrogens with zero attached hydrogens (tertiary/aromatic N) is 3. The molecule has 39 heavy (non-hydrogen) atoms. The molecular formula is C31H30N4O4. The van der Waals surface area contributed by atoms with Crippen LogP contribution in [0.2, 0.25) is 0 Å². The Labute approximate surface area is 227 Å². The summed E-state index contributed by atoms with van der Waals surface area (Å²) in [6.07, 6.45) is 13.3. The lowest BCUT2D eigenvalue weighted by atomic mass is 9.96. The van der Waals surface area contributed by atoms with Gasteiger partial charge in [0, 0.05) is 18.5 Å². The van der Waals surface area contributed by atoms with Gasteiger partial charge in [-0.2, -0.15) is 0 Å². The van der Waals surface area contributed by atoms with Crippen LogP contribution in [-0.4, -0.2) is 42.6 Å². The lowest BCUT2D eigenvalue weighted by Crippen LogP contribution is -2.15. The molecule has 0 amide bonds. The SMILES string of the molecule is COC(=O)CCC1=C(C)C2=NC1=CC1=NC(=Cc3cccc(n3)C3=CC=CC(=C2)N3)C(C)=C1CCC(=O)OC. The van der Waals surface area contributed by atoms with E-state index in [9.17, 15) is 9.59 Å². The van der Waals surface area contributed by atoms with Gasteiger partial charge in [-0.3, -0.25) is 9.59 Å². The summed E-state index contributed by atoms with van der Waals surface area (Å²) in [6, 6.07) is 5.89. The average Bonchev–Trinajstić information content (AvgIpc) is 3.39. The number of carbonyl (C=O) groups is 2. The number of hydrogen-bond donors (Lipinski definition) is 1. The van der Waals surface area contributed by atoms with Gasteiger partial charge in [0.15, 0.2) is 0 Å². The first-order valence-corrected chi connectivity index (χ1v) is 12.9. The van der Waals surface area contributed by atoms with E-state index in [2.05, 4.69) is 5.32 Å². The van der Waals surface area contributed by atoms with Gasteiger partial charge in [0.1, 0.15) is 0 Å². The highest BCUT2D eigenvalue weighted by molar-refractivity contribution is 6.16. The van der Waals surface area contributed by atoms with Crippen molar-refractivity contribution < 1.29 is 19.1 Å². The van der Waals surface area contributed by atoms with Crippen LogP contribution in [0.1, 0.15) is 50.9 Å². The number of carbonyl (C=O) groups excluding carboxylic acids is 2. The summed E-state index contributed by atoms with van der Waals surface area (Å²) in [5.74, 6) is -0.555. The van der Waals surface area contributed by atoms with E-state index >= 15 is 0 Å². The fraction of sp³-hybridized carbons (Fsp3) is 0.258. The fourth-order valence-electron chi connectivity index (χ4n) is 4.88. The molecule has 0 fully saturated rings. The van der Waals surface area contributed by atoms with Crippen molar-refractivity contribution >= 4 is 35.1 Å². The Morgan fingerprint density at radius 3 is 2.31 bits per heavy atom. The minimum Gasteiger partial charge on any atom is -0.469 e.